The molecule has 1 aromatic carbocycles. The molecule has 2 heterocycles. The fraction of sp³-hybridized carbons (Fsp3) is 0. The first-order chi connectivity index (χ1) is 8.33. The van der Waals surface area contributed by atoms with Gasteiger partial charge >= 0.3 is 0 Å². The molecule has 0 unspecified atom stereocenters. The summed E-state index contributed by atoms with van der Waals surface area (Å²) in [6.45, 7) is 0. The minimum Gasteiger partial charge on any atom is -0.282 e. The summed E-state index contributed by atoms with van der Waals surface area (Å²) in [5.41, 5.74) is 2.25. The number of benzene rings is 1. The topological polar surface area (TPSA) is 44.5 Å². The molecule has 0 atom stereocenters. The molecule has 0 bridgehead atoms. The molecule has 3 nitrogen and oxygen atoms in total. The summed E-state index contributed by atoms with van der Waals surface area (Å²) < 4.78 is 0.474. The van der Waals surface area contributed by atoms with Crippen LogP contribution in [0, 0.1) is 4.77 Å². The fourth-order valence-electron chi connectivity index (χ4n) is 1.64. The summed E-state index contributed by atoms with van der Waals surface area (Å²) in [6, 6.07) is 12.4. The van der Waals surface area contributed by atoms with Crippen LogP contribution in [0.15, 0.2) is 41.8 Å². The molecule has 0 saturated heterocycles. The first-order valence-electron chi connectivity index (χ1n) is 5.12. The maximum atomic E-state index is 4.93. The summed E-state index contributed by atoms with van der Waals surface area (Å²) in [7, 11) is 0. The van der Waals surface area contributed by atoms with Gasteiger partial charge in [0.05, 0.1) is 0 Å². The lowest BCUT2D eigenvalue weighted by molar-refractivity contribution is 1.08. The molecule has 3 aromatic rings. The quantitative estimate of drug-likeness (QED) is 0.686. The number of H-pyrrole nitrogens is 2. The number of nitrogens with one attached hydrogen (secondary N) is 2. The minimum absolute atomic E-state index is 0.474. The van der Waals surface area contributed by atoms with E-state index in [9.17, 15) is 0 Å². The highest BCUT2D eigenvalue weighted by molar-refractivity contribution is 7.71. The number of thiophene rings is 1. The molecule has 2 N–H and O–H groups in total. The van der Waals surface area contributed by atoms with Gasteiger partial charge in [-0.25, -0.2) is 0 Å². The summed E-state index contributed by atoms with van der Waals surface area (Å²) in [6.07, 6.45) is 0. The van der Waals surface area contributed by atoms with Gasteiger partial charge in [0.15, 0.2) is 5.82 Å². The van der Waals surface area contributed by atoms with Crippen LogP contribution in [0.2, 0.25) is 0 Å². The zero-order chi connectivity index (χ0) is 11.7. The number of rotatable bonds is 2. The van der Waals surface area contributed by atoms with Crippen LogP contribution in [0.5, 0.6) is 0 Å². The maximum Gasteiger partial charge on any atom is 0.213 e. The van der Waals surface area contributed by atoms with Gasteiger partial charge in [-0.3, -0.25) is 10.2 Å². The standard InChI is InChI=1S/C12H9N3S2/c16-12-13-11(14-15-12)9-5-3-8(4-6-9)10-2-1-7-17-10/h1-7H,(H2,13,14,15,16). The molecule has 0 saturated carbocycles. The van der Waals surface area contributed by atoms with E-state index in [-0.39, 0.29) is 0 Å². The Morgan fingerprint density at radius 3 is 2.35 bits per heavy atom. The first kappa shape index (κ1) is 10.4. The molecule has 17 heavy (non-hydrogen) atoms. The van der Waals surface area contributed by atoms with E-state index in [0.717, 1.165) is 11.4 Å². The van der Waals surface area contributed by atoms with E-state index >= 15 is 0 Å². The SMILES string of the molecule is S=c1nc(-c2ccc(-c3cccs3)cc2)[nH][nH]1. The largest absolute Gasteiger partial charge is 0.282 e. The highest BCUT2D eigenvalue weighted by atomic mass is 32.1. The number of hydrogen-bond acceptors (Lipinski definition) is 3. The van der Waals surface area contributed by atoms with Crippen LogP contribution in [0.1, 0.15) is 0 Å². The number of aromatic nitrogens is 3. The zero-order valence-electron chi connectivity index (χ0n) is 8.81. The second-order valence-electron chi connectivity index (χ2n) is 3.57. The van der Waals surface area contributed by atoms with Crippen molar-refractivity contribution in [2.45, 2.75) is 0 Å². The molecule has 84 valence electrons. The van der Waals surface area contributed by atoms with Crippen LogP contribution in [0.25, 0.3) is 21.8 Å². The number of hydrogen-bond donors (Lipinski definition) is 2. The molecule has 0 fully saturated rings. The lowest BCUT2D eigenvalue weighted by Gasteiger charge is -1.99. The van der Waals surface area contributed by atoms with Gasteiger partial charge in [0.1, 0.15) is 0 Å². The van der Waals surface area contributed by atoms with Crippen LogP contribution in [0.3, 0.4) is 0 Å². The van der Waals surface area contributed by atoms with Crippen LogP contribution in [-0.4, -0.2) is 15.2 Å². The van der Waals surface area contributed by atoms with E-state index in [1.54, 1.807) is 11.3 Å². The zero-order valence-corrected chi connectivity index (χ0v) is 10.4. The third-order valence-corrected chi connectivity index (χ3v) is 3.58. The molecule has 5 heteroatoms. The second kappa shape index (κ2) is 4.27. The van der Waals surface area contributed by atoms with Crippen LogP contribution < -0.4 is 0 Å². The molecule has 0 aliphatic carbocycles. The Kier molecular flexibility index (Phi) is 2.62. The Morgan fingerprint density at radius 1 is 1.00 bits per heavy atom. The van der Waals surface area contributed by atoms with Crippen molar-refractivity contribution in [3.05, 3.63) is 46.5 Å². The Morgan fingerprint density at radius 2 is 1.76 bits per heavy atom. The van der Waals surface area contributed by atoms with Crippen molar-refractivity contribution >= 4 is 23.6 Å². The summed E-state index contributed by atoms with van der Waals surface area (Å²) in [4.78, 5) is 5.45. The Balaban J connectivity index is 1.98. The predicted octanol–water partition coefficient (Wildman–Crippen LogP) is 3.86. The predicted molar refractivity (Wildman–Crippen MR) is 72.5 cm³/mol. The van der Waals surface area contributed by atoms with Crippen molar-refractivity contribution in [2.24, 2.45) is 0 Å². The van der Waals surface area contributed by atoms with Crippen molar-refractivity contribution in [3.8, 4) is 21.8 Å². The van der Waals surface area contributed by atoms with Gasteiger partial charge in [-0.05, 0) is 29.2 Å². The molecular formula is C12H9N3S2. The third kappa shape index (κ3) is 2.07. The van der Waals surface area contributed by atoms with Gasteiger partial charge in [0.25, 0.3) is 0 Å². The van der Waals surface area contributed by atoms with E-state index < -0.39 is 0 Å². The van der Waals surface area contributed by atoms with E-state index in [0.29, 0.717) is 4.77 Å². The third-order valence-electron chi connectivity index (χ3n) is 2.47. The molecule has 3 rings (SSSR count). The van der Waals surface area contributed by atoms with Gasteiger partial charge in [0, 0.05) is 10.4 Å². The Labute approximate surface area is 107 Å². The average molecular weight is 259 g/mol. The lowest BCUT2D eigenvalue weighted by Crippen LogP contribution is -1.80. The average Bonchev–Trinajstić information content (AvgIpc) is 3.00. The lowest BCUT2D eigenvalue weighted by atomic mass is 10.1. The monoisotopic (exact) mass is 259 g/mol. The molecule has 2 aromatic heterocycles. The van der Waals surface area contributed by atoms with Crippen LogP contribution >= 0.6 is 23.6 Å². The van der Waals surface area contributed by atoms with E-state index in [4.69, 9.17) is 12.2 Å². The molecule has 0 radical (unpaired) electrons. The second-order valence-corrected chi connectivity index (χ2v) is 4.90. The van der Waals surface area contributed by atoms with Gasteiger partial charge in [0.2, 0.25) is 4.77 Å². The van der Waals surface area contributed by atoms with E-state index in [2.05, 4.69) is 44.8 Å². The summed E-state index contributed by atoms with van der Waals surface area (Å²) in [5.74, 6) is 0.771. The van der Waals surface area contributed by atoms with Crippen molar-refractivity contribution in [1.29, 1.82) is 0 Å². The Hall–Kier alpha value is -1.72. The molecular weight excluding hydrogens is 250 g/mol. The number of aromatic amines is 2. The molecule has 0 spiro atoms. The van der Waals surface area contributed by atoms with E-state index in [1.165, 1.54) is 10.4 Å². The highest BCUT2D eigenvalue weighted by Gasteiger charge is 2.02. The van der Waals surface area contributed by atoms with Crippen molar-refractivity contribution < 1.29 is 0 Å². The first-order valence-corrected chi connectivity index (χ1v) is 6.41. The maximum absolute atomic E-state index is 4.93. The van der Waals surface area contributed by atoms with Crippen molar-refractivity contribution in [2.75, 3.05) is 0 Å². The van der Waals surface area contributed by atoms with Gasteiger partial charge in [-0.1, -0.05) is 30.3 Å². The van der Waals surface area contributed by atoms with Crippen LogP contribution in [0.4, 0.5) is 0 Å². The highest BCUT2D eigenvalue weighted by Crippen LogP contribution is 2.26. The Bertz CT molecular complexity index is 662. The van der Waals surface area contributed by atoms with Gasteiger partial charge < -0.3 is 0 Å². The van der Waals surface area contributed by atoms with Crippen molar-refractivity contribution in [1.82, 2.24) is 15.2 Å². The molecule has 0 aliphatic rings. The fourth-order valence-corrected chi connectivity index (χ4v) is 2.52. The van der Waals surface area contributed by atoms with E-state index in [1.807, 2.05) is 12.1 Å². The van der Waals surface area contributed by atoms with Gasteiger partial charge in [-0.2, -0.15) is 4.98 Å². The minimum atomic E-state index is 0.474. The van der Waals surface area contributed by atoms with Gasteiger partial charge in [-0.15, -0.1) is 11.3 Å². The molecule has 0 amide bonds. The van der Waals surface area contributed by atoms with Crippen LogP contribution in [-0.2, 0) is 0 Å². The van der Waals surface area contributed by atoms with Crippen molar-refractivity contribution in [3.63, 3.8) is 0 Å². The number of nitrogens with zero attached hydrogens (tertiary/aromatic N) is 1. The smallest absolute Gasteiger partial charge is 0.213 e. The normalized spacial score (nSPS) is 10.6. The molecule has 0 aliphatic heterocycles. The summed E-state index contributed by atoms with van der Waals surface area (Å²) >= 11 is 6.66. The summed E-state index contributed by atoms with van der Waals surface area (Å²) in [5, 5.41) is 7.81.